The Hall–Kier alpha value is -1.59. The summed E-state index contributed by atoms with van der Waals surface area (Å²) in [4.78, 5) is 14.3. The molecule has 0 spiro atoms. The largest absolute Gasteiger partial charge is 0.334 e. The fourth-order valence-electron chi connectivity index (χ4n) is 4.10. The number of carbonyl (C=O) groups excluding carboxylic acids is 1. The number of carbonyl (C=O) groups is 1. The summed E-state index contributed by atoms with van der Waals surface area (Å²) >= 11 is 0. The minimum Gasteiger partial charge on any atom is -0.334 e. The van der Waals surface area contributed by atoms with Gasteiger partial charge in [0.2, 0.25) is 0 Å². The standard InChI is InChI=1S/C17H24N4O/c18-17-6-4-14(17)10-21(11-17)16(22)20-9-13-3-1-2-12-8-19-7-5-15(12)13/h1-3,14,19H,4-11,18H2,(H,20,22)/t14-,17-/m0/s1. The van der Waals surface area contributed by atoms with Gasteiger partial charge in [-0.25, -0.2) is 4.79 Å². The molecule has 1 aliphatic carbocycles. The van der Waals surface area contributed by atoms with Crippen LogP contribution in [0.15, 0.2) is 18.2 Å². The van der Waals surface area contributed by atoms with E-state index >= 15 is 0 Å². The number of amides is 2. The minimum absolute atomic E-state index is 0.0331. The fraction of sp³-hybridized carbons (Fsp3) is 0.588. The van der Waals surface area contributed by atoms with E-state index in [9.17, 15) is 4.79 Å². The lowest BCUT2D eigenvalue weighted by molar-refractivity contribution is 0.187. The molecule has 1 aromatic rings. The number of nitrogens with zero attached hydrogens (tertiary/aromatic N) is 1. The summed E-state index contributed by atoms with van der Waals surface area (Å²) in [6.07, 6.45) is 3.26. The number of hydrogen-bond acceptors (Lipinski definition) is 3. The smallest absolute Gasteiger partial charge is 0.317 e. The normalized spacial score (nSPS) is 29.5. The summed E-state index contributed by atoms with van der Waals surface area (Å²) in [5.41, 5.74) is 10.2. The van der Waals surface area contributed by atoms with Gasteiger partial charge in [0.15, 0.2) is 0 Å². The summed E-state index contributed by atoms with van der Waals surface area (Å²) in [5.74, 6) is 0.508. The minimum atomic E-state index is -0.102. The van der Waals surface area contributed by atoms with Crippen molar-refractivity contribution in [3.8, 4) is 0 Å². The van der Waals surface area contributed by atoms with Gasteiger partial charge >= 0.3 is 6.03 Å². The van der Waals surface area contributed by atoms with Crippen molar-refractivity contribution in [2.45, 2.75) is 37.9 Å². The maximum absolute atomic E-state index is 12.4. The molecule has 3 aliphatic rings. The summed E-state index contributed by atoms with van der Waals surface area (Å²) in [7, 11) is 0. The highest BCUT2D eigenvalue weighted by Gasteiger charge is 2.51. The van der Waals surface area contributed by atoms with Gasteiger partial charge in [0.1, 0.15) is 0 Å². The van der Waals surface area contributed by atoms with Gasteiger partial charge in [0.25, 0.3) is 0 Å². The topological polar surface area (TPSA) is 70.4 Å². The van der Waals surface area contributed by atoms with E-state index in [1.54, 1.807) is 0 Å². The molecule has 118 valence electrons. The average molecular weight is 300 g/mol. The molecule has 22 heavy (non-hydrogen) atoms. The number of likely N-dealkylation sites (tertiary alicyclic amines) is 1. The number of fused-ring (bicyclic) bond motifs is 2. The quantitative estimate of drug-likeness (QED) is 0.762. The van der Waals surface area contributed by atoms with Gasteiger partial charge < -0.3 is 21.3 Å². The highest BCUT2D eigenvalue weighted by Crippen LogP contribution is 2.42. The molecule has 2 atom stereocenters. The Balaban J connectivity index is 1.40. The van der Waals surface area contributed by atoms with Crippen molar-refractivity contribution in [1.29, 1.82) is 0 Å². The summed E-state index contributed by atoms with van der Waals surface area (Å²) < 4.78 is 0. The van der Waals surface area contributed by atoms with Crippen LogP contribution in [0.2, 0.25) is 0 Å². The molecular formula is C17H24N4O. The highest BCUT2D eigenvalue weighted by molar-refractivity contribution is 5.75. The third kappa shape index (κ3) is 2.29. The number of nitrogens with one attached hydrogen (secondary N) is 2. The Morgan fingerprint density at radius 3 is 3.14 bits per heavy atom. The molecule has 4 rings (SSSR count). The van der Waals surface area contributed by atoms with Crippen LogP contribution in [0, 0.1) is 5.92 Å². The number of benzene rings is 1. The number of urea groups is 1. The molecule has 0 unspecified atom stereocenters. The van der Waals surface area contributed by atoms with Crippen LogP contribution in [0.25, 0.3) is 0 Å². The Labute approximate surface area is 131 Å². The van der Waals surface area contributed by atoms with Crippen molar-refractivity contribution in [2.24, 2.45) is 11.7 Å². The van der Waals surface area contributed by atoms with Crippen LogP contribution in [0.3, 0.4) is 0 Å². The van der Waals surface area contributed by atoms with E-state index in [2.05, 4.69) is 28.8 Å². The molecule has 2 heterocycles. The van der Waals surface area contributed by atoms with Crippen molar-refractivity contribution in [1.82, 2.24) is 15.5 Å². The molecule has 5 nitrogen and oxygen atoms in total. The lowest BCUT2D eigenvalue weighted by Gasteiger charge is -2.39. The molecule has 1 aromatic carbocycles. The van der Waals surface area contributed by atoms with Crippen LogP contribution in [0.5, 0.6) is 0 Å². The molecule has 2 fully saturated rings. The molecule has 0 aromatic heterocycles. The Morgan fingerprint density at radius 1 is 1.50 bits per heavy atom. The molecule has 5 heteroatoms. The van der Waals surface area contributed by atoms with Crippen LogP contribution in [-0.4, -0.2) is 36.1 Å². The van der Waals surface area contributed by atoms with Crippen molar-refractivity contribution >= 4 is 6.03 Å². The van der Waals surface area contributed by atoms with Crippen LogP contribution < -0.4 is 16.4 Å². The monoisotopic (exact) mass is 300 g/mol. The van der Waals surface area contributed by atoms with Gasteiger partial charge in [0.05, 0.1) is 0 Å². The fourth-order valence-corrected chi connectivity index (χ4v) is 4.10. The second-order valence-electron chi connectivity index (χ2n) is 6.99. The zero-order valence-corrected chi connectivity index (χ0v) is 12.9. The Morgan fingerprint density at radius 2 is 2.41 bits per heavy atom. The molecular weight excluding hydrogens is 276 g/mol. The summed E-state index contributed by atoms with van der Waals surface area (Å²) in [5, 5.41) is 6.48. The molecule has 2 amide bonds. The van der Waals surface area contributed by atoms with Crippen LogP contribution >= 0.6 is 0 Å². The van der Waals surface area contributed by atoms with Crippen molar-refractivity contribution < 1.29 is 4.79 Å². The zero-order chi connectivity index (χ0) is 15.2. The Kier molecular flexibility index (Phi) is 3.35. The summed E-state index contributed by atoms with van der Waals surface area (Å²) in [6, 6.07) is 6.41. The van der Waals surface area contributed by atoms with E-state index in [4.69, 9.17) is 5.73 Å². The van der Waals surface area contributed by atoms with Crippen molar-refractivity contribution in [3.05, 3.63) is 34.9 Å². The Bertz CT molecular complexity index is 602. The molecule has 0 radical (unpaired) electrons. The van der Waals surface area contributed by atoms with E-state index in [0.717, 1.165) is 32.5 Å². The number of hydrogen-bond donors (Lipinski definition) is 3. The first-order valence-electron chi connectivity index (χ1n) is 8.28. The van der Waals surface area contributed by atoms with E-state index < -0.39 is 0 Å². The molecule has 2 aliphatic heterocycles. The van der Waals surface area contributed by atoms with E-state index in [0.29, 0.717) is 19.0 Å². The van der Waals surface area contributed by atoms with Crippen LogP contribution in [0.1, 0.15) is 29.5 Å². The third-order valence-corrected chi connectivity index (χ3v) is 5.65. The van der Waals surface area contributed by atoms with Gasteiger partial charge in [-0.2, -0.15) is 0 Å². The van der Waals surface area contributed by atoms with Gasteiger partial charge in [-0.15, -0.1) is 0 Å². The lowest BCUT2D eigenvalue weighted by Crippen LogP contribution is -2.55. The molecule has 0 bridgehead atoms. The molecule has 4 N–H and O–H groups in total. The highest BCUT2D eigenvalue weighted by atomic mass is 16.2. The van der Waals surface area contributed by atoms with Crippen molar-refractivity contribution in [3.63, 3.8) is 0 Å². The number of nitrogens with two attached hydrogens (primary N) is 1. The van der Waals surface area contributed by atoms with Gasteiger partial charge in [-0.3, -0.25) is 0 Å². The van der Waals surface area contributed by atoms with Gasteiger partial charge in [-0.1, -0.05) is 18.2 Å². The lowest BCUT2D eigenvalue weighted by atomic mass is 9.70. The molecule has 1 saturated heterocycles. The first kappa shape index (κ1) is 14.0. The zero-order valence-electron chi connectivity index (χ0n) is 12.9. The maximum Gasteiger partial charge on any atom is 0.317 e. The van der Waals surface area contributed by atoms with Gasteiger partial charge in [0, 0.05) is 31.7 Å². The van der Waals surface area contributed by atoms with Crippen molar-refractivity contribution in [2.75, 3.05) is 19.6 Å². The maximum atomic E-state index is 12.4. The first-order valence-corrected chi connectivity index (χ1v) is 8.28. The number of rotatable bonds is 2. The van der Waals surface area contributed by atoms with Crippen LogP contribution in [0.4, 0.5) is 4.79 Å². The predicted octanol–water partition coefficient (Wildman–Crippen LogP) is 0.965. The first-order chi connectivity index (χ1) is 10.7. The second kappa shape index (κ2) is 5.25. The molecule has 1 saturated carbocycles. The average Bonchev–Trinajstić information content (AvgIpc) is 2.77. The van der Waals surface area contributed by atoms with E-state index in [1.165, 1.54) is 23.1 Å². The predicted molar refractivity (Wildman–Crippen MR) is 85.3 cm³/mol. The van der Waals surface area contributed by atoms with Gasteiger partial charge in [-0.05, 0) is 48.4 Å². The summed E-state index contributed by atoms with van der Waals surface area (Å²) in [6.45, 7) is 4.09. The van der Waals surface area contributed by atoms with Crippen LogP contribution in [-0.2, 0) is 19.5 Å². The van der Waals surface area contributed by atoms with E-state index in [1.807, 2.05) is 4.90 Å². The van der Waals surface area contributed by atoms with E-state index in [-0.39, 0.29) is 11.6 Å². The second-order valence-corrected chi connectivity index (χ2v) is 6.99. The SMILES string of the molecule is N[C@]12CC[C@H]1CN(C(=O)NCc1cccc3c1CCNC3)C2. The third-order valence-electron chi connectivity index (χ3n) is 5.65.